The zero-order chi connectivity index (χ0) is 17.9. The first-order valence-corrected chi connectivity index (χ1v) is 8.93. The Morgan fingerprint density at radius 3 is 2.27 bits per heavy atom. The van der Waals surface area contributed by atoms with Gasteiger partial charge in [0.2, 0.25) is 5.78 Å². The Labute approximate surface area is 155 Å². The number of ether oxygens (including phenoxy) is 1. The lowest BCUT2D eigenvalue weighted by atomic mass is 10.1. The van der Waals surface area contributed by atoms with E-state index in [1.807, 2.05) is 48.5 Å². The average Bonchev–Trinajstić information content (AvgIpc) is 3.00. The molecule has 0 bridgehead atoms. The fourth-order valence-corrected chi connectivity index (χ4v) is 3.71. The van der Waals surface area contributed by atoms with Crippen LogP contribution >= 0.6 is 11.8 Å². The second kappa shape index (κ2) is 7.02. The monoisotopic (exact) mass is 358 g/mol. The zero-order valence-corrected chi connectivity index (χ0v) is 14.5. The minimum absolute atomic E-state index is 0.0465. The lowest BCUT2D eigenvalue weighted by Gasteiger charge is -2.04. The van der Waals surface area contributed by atoms with Gasteiger partial charge in [-0.25, -0.2) is 4.79 Å². The maximum atomic E-state index is 12.4. The molecule has 3 nitrogen and oxygen atoms in total. The summed E-state index contributed by atoms with van der Waals surface area (Å²) < 4.78 is 5.37. The van der Waals surface area contributed by atoms with Crippen LogP contribution in [0.2, 0.25) is 0 Å². The molecule has 1 aliphatic heterocycles. The van der Waals surface area contributed by atoms with Crippen LogP contribution in [-0.4, -0.2) is 11.8 Å². The third-order valence-electron chi connectivity index (χ3n) is 3.97. The summed E-state index contributed by atoms with van der Waals surface area (Å²) in [7, 11) is 0. The number of hydrogen-bond acceptors (Lipinski definition) is 4. The number of ketones is 1. The summed E-state index contributed by atoms with van der Waals surface area (Å²) >= 11 is 1.48. The van der Waals surface area contributed by atoms with Gasteiger partial charge in [0.1, 0.15) is 5.75 Å². The van der Waals surface area contributed by atoms with Crippen molar-refractivity contribution in [3.63, 3.8) is 0 Å². The molecule has 0 fully saturated rings. The number of carbonyl (C=O) groups excluding carboxylic acids is 2. The Bertz CT molecular complexity index is 1010. The quantitative estimate of drug-likeness (QED) is 0.365. The molecule has 0 aliphatic carbocycles. The number of benzene rings is 3. The van der Waals surface area contributed by atoms with Gasteiger partial charge in [-0.15, -0.1) is 0 Å². The van der Waals surface area contributed by atoms with E-state index in [1.165, 1.54) is 11.8 Å². The molecule has 0 amide bonds. The fraction of sp³-hybridized carbons (Fsp3) is 0. The summed E-state index contributed by atoms with van der Waals surface area (Å²) in [5.74, 6) is 0.119. The normalized spacial score (nSPS) is 14.3. The Morgan fingerprint density at radius 2 is 1.54 bits per heavy atom. The summed E-state index contributed by atoms with van der Waals surface area (Å²) in [6.45, 7) is 0. The molecule has 3 aromatic rings. The SMILES string of the molecule is O=C(Oc1ccc(/C=C2\Sc3ccccc3C2=O)cc1)c1ccccc1. The number of esters is 1. The smallest absolute Gasteiger partial charge is 0.343 e. The van der Waals surface area contributed by atoms with Crippen LogP contribution < -0.4 is 4.74 Å². The van der Waals surface area contributed by atoms with Crippen LogP contribution in [0.3, 0.4) is 0 Å². The maximum absolute atomic E-state index is 12.4. The van der Waals surface area contributed by atoms with Crippen molar-refractivity contribution in [3.05, 3.63) is 100 Å². The predicted molar refractivity (Wildman–Crippen MR) is 102 cm³/mol. The van der Waals surface area contributed by atoms with E-state index in [0.717, 1.165) is 16.0 Å². The van der Waals surface area contributed by atoms with Gasteiger partial charge in [-0.1, -0.05) is 54.2 Å². The zero-order valence-electron chi connectivity index (χ0n) is 13.7. The predicted octanol–water partition coefficient (Wildman–Crippen LogP) is 5.24. The summed E-state index contributed by atoms with van der Waals surface area (Å²) in [6.07, 6.45) is 1.86. The molecule has 0 saturated carbocycles. The first-order valence-electron chi connectivity index (χ1n) is 8.11. The van der Waals surface area contributed by atoms with Crippen LogP contribution in [0, 0.1) is 0 Å². The van der Waals surface area contributed by atoms with Crippen molar-refractivity contribution in [2.24, 2.45) is 0 Å². The Hall–Kier alpha value is -3.11. The summed E-state index contributed by atoms with van der Waals surface area (Å²) in [6, 6.07) is 23.6. The van der Waals surface area contributed by atoms with Crippen LogP contribution in [-0.2, 0) is 0 Å². The van der Waals surface area contributed by atoms with Crippen molar-refractivity contribution in [2.45, 2.75) is 4.90 Å². The molecule has 0 N–H and O–H groups in total. The van der Waals surface area contributed by atoms with Crippen LogP contribution in [0.5, 0.6) is 5.75 Å². The minimum Gasteiger partial charge on any atom is -0.423 e. The molecule has 1 aliphatic rings. The number of thioether (sulfide) groups is 1. The Kier molecular flexibility index (Phi) is 4.42. The minimum atomic E-state index is -0.395. The van der Waals surface area contributed by atoms with E-state index in [2.05, 4.69) is 0 Å². The van der Waals surface area contributed by atoms with Crippen LogP contribution in [0.4, 0.5) is 0 Å². The second-order valence-electron chi connectivity index (χ2n) is 5.76. The topological polar surface area (TPSA) is 43.4 Å². The van der Waals surface area contributed by atoms with E-state index in [0.29, 0.717) is 16.2 Å². The molecule has 0 atom stereocenters. The van der Waals surface area contributed by atoms with Crippen molar-refractivity contribution in [2.75, 3.05) is 0 Å². The van der Waals surface area contributed by atoms with E-state index in [1.54, 1.807) is 36.4 Å². The fourth-order valence-electron chi connectivity index (χ4n) is 2.66. The third-order valence-corrected chi connectivity index (χ3v) is 5.07. The number of fused-ring (bicyclic) bond motifs is 1. The average molecular weight is 358 g/mol. The van der Waals surface area contributed by atoms with Gasteiger partial charge in [-0.3, -0.25) is 4.79 Å². The number of carbonyl (C=O) groups is 2. The van der Waals surface area contributed by atoms with Gasteiger partial charge in [0.05, 0.1) is 10.5 Å². The number of allylic oxidation sites excluding steroid dienone is 1. The molecule has 0 spiro atoms. The van der Waals surface area contributed by atoms with Crippen LogP contribution in [0.1, 0.15) is 26.3 Å². The number of hydrogen-bond donors (Lipinski definition) is 0. The van der Waals surface area contributed by atoms with E-state index < -0.39 is 5.97 Å². The molecule has 4 heteroatoms. The van der Waals surface area contributed by atoms with Crippen LogP contribution in [0.25, 0.3) is 6.08 Å². The molecule has 1 heterocycles. The van der Waals surface area contributed by atoms with Gasteiger partial charge in [-0.05, 0) is 48.0 Å². The standard InChI is InChI=1S/C22H14O3S/c23-21-18-8-4-5-9-19(18)26-20(21)14-15-10-12-17(13-11-15)25-22(24)16-6-2-1-3-7-16/h1-14H/b20-14-. The van der Waals surface area contributed by atoms with Gasteiger partial charge in [0, 0.05) is 10.5 Å². The Morgan fingerprint density at radius 1 is 0.846 bits per heavy atom. The molecule has 0 saturated heterocycles. The highest BCUT2D eigenvalue weighted by atomic mass is 32.2. The molecular weight excluding hydrogens is 344 g/mol. The van der Waals surface area contributed by atoms with Gasteiger partial charge >= 0.3 is 5.97 Å². The van der Waals surface area contributed by atoms with E-state index in [4.69, 9.17) is 4.74 Å². The van der Waals surface area contributed by atoms with Crippen molar-refractivity contribution in [1.29, 1.82) is 0 Å². The molecule has 0 unspecified atom stereocenters. The first kappa shape index (κ1) is 16.4. The highest BCUT2D eigenvalue weighted by molar-refractivity contribution is 8.04. The summed E-state index contributed by atoms with van der Waals surface area (Å²) in [5, 5.41) is 0. The molecule has 3 aromatic carbocycles. The van der Waals surface area contributed by atoms with Gasteiger partial charge in [0.25, 0.3) is 0 Å². The summed E-state index contributed by atoms with van der Waals surface area (Å²) in [4.78, 5) is 26.2. The molecule has 0 aromatic heterocycles. The van der Waals surface area contributed by atoms with Crippen molar-refractivity contribution >= 4 is 29.6 Å². The summed E-state index contributed by atoms with van der Waals surface area (Å²) in [5.41, 5.74) is 2.13. The van der Waals surface area contributed by atoms with E-state index >= 15 is 0 Å². The highest BCUT2D eigenvalue weighted by Gasteiger charge is 2.25. The van der Waals surface area contributed by atoms with Crippen molar-refractivity contribution in [3.8, 4) is 5.75 Å². The molecule has 0 radical (unpaired) electrons. The van der Waals surface area contributed by atoms with Gasteiger partial charge < -0.3 is 4.74 Å². The first-order chi connectivity index (χ1) is 12.7. The third kappa shape index (κ3) is 3.32. The van der Waals surface area contributed by atoms with Crippen molar-refractivity contribution < 1.29 is 14.3 Å². The van der Waals surface area contributed by atoms with E-state index in [-0.39, 0.29) is 5.78 Å². The van der Waals surface area contributed by atoms with Crippen LogP contribution in [0.15, 0.2) is 88.7 Å². The maximum Gasteiger partial charge on any atom is 0.343 e. The van der Waals surface area contributed by atoms with Gasteiger partial charge in [0.15, 0.2) is 0 Å². The molecule has 26 heavy (non-hydrogen) atoms. The van der Waals surface area contributed by atoms with Crippen molar-refractivity contribution in [1.82, 2.24) is 0 Å². The lowest BCUT2D eigenvalue weighted by molar-refractivity contribution is 0.0734. The largest absolute Gasteiger partial charge is 0.423 e. The molecule has 126 valence electrons. The lowest BCUT2D eigenvalue weighted by Crippen LogP contribution is -2.07. The van der Waals surface area contributed by atoms with Gasteiger partial charge in [-0.2, -0.15) is 0 Å². The number of Topliss-reactive ketones (excluding diaryl/α,β-unsaturated/α-hetero) is 1. The second-order valence-corrected chi connectivity index (χ2v) is 6.84. The van der Waals surface area contributed by atoms with E-state index in [9.17, 15) is 9.59 Å². The molecule has 4 rings (SSSR count). The molecular formula is C22H14O3S. The Balaban J connectivity index is 1.49. The number of rotatable bonds is 3. The highest BCUT2D eigenvalue weighted by Crippen LogP contribution is 2.40.